The second-order valence-electron chi connectivity index (χ2n) is 3.41. The first-order valence-electron chi connectivity index (χ1n) is 4.66. The van der Waals surface area contributed by atoms with E-state index in [0.717, 1.165) is 0 Å². The molecule has 0 unspecified atom stereocenters. The zero-order valence-electron chi connectivity index (χ0n) is 8.06. The van der Waals surface area contributed by atoms with E-state index in [-0.39, 0.29) is 12.8 Å². The van der Waals surface area contributed by atoms with Crippen LogP contribution in [-0.4, -0.2) is 5.92 Å². The maximum absolute atomic E-state index is 13.2. The largest absolute Gasteiger partial charge is 0.252 e. The van der Waals surface area contributed by atoms with Gasteiger partial charge in [0.25, 0.3) is 5.92 Å². The highest BCUT2D eigenvalue weighted by molar-refractivity contribution is 6.30. The molecule has 0 heterocycles. The molecule has 0 amide bonds. The minimum absolute atomic E-state index is 0.0599. The lowest BCUT2D eigenvalue weighted by atomic mass is 10.0. The Morgan fingerprint density at radius 3 is 2.29 bits per heavy atom. The number of alkyl halides is 2. The standard InChI is InChI=1S/C11H13ClF2/c1-2-7-11(13,14)8-9-3-5-10(12)6-4-9/h3-6H,2,7-8H2,1H3. The van der Waals surface area contributed by atoms with Crippen LogP contribution in [0.1, 0.15) is 25.3 Å². The van der Waals surface area contributed by atoms with Gasteiger partial charge in [0, 0.05) is 17.9 Å². The molecule has 3 heteroatoms. The van der Waals surface area contributed by atoms with Crippen molar-refractivity contribution in [2.45, 2.75) is 32.1 Å². The maximum Gasteiger partial charge on any atom is 0.252 e. The Morgan fingerprint density at radius 1 is 1.21 bits per heavy atom. The molecular formula is C11H13ClF2. The molecule has 1 aromatic carbocycles. The van der Waals surface area contributed by atoms with E-state index < -0.39 is 5.92 Å². The van der Waals surface area contributed by atoms with E-state index in [0.29, 0.717) is 17.0 Å². The molecule has 0 radical (unpaired) electrons. The Labute approximate surface area is 87.9 Å². The third-order valence-corrected chi connectivity index (χ3v) is 2.24. The first kappa shape index (κ1) is 11.4. The normalized spacial score (nSPS) is 11.7. The van der Waals surface area contributed by atoms with E-state index in [4.69, 9.17) is 11.6 Å². The van der Waals surface area contributed by atoms with Crippen molar-refractivity contribution in [2.24, 2.45) is 0 Å². The van der Waals surface area contributed by atoms with Crippen molar-refractivity contribution in [1.82, 2.24) is 0 Å². The van der Waals surface area contributed by atoms with Crippen LogP contribution in [0.2, 0.25) is 5.02 Å². The second-order valence-corrected chi connectivity index (χ2v) is 3.85. The van der Waals surface area contributed by atoms with Crippen LogP contribution >= 0.6 is 11.6 Å². The molecular weight excluding hydrogens is 206 g/mol. The molecule has 14 heavy (non-hydrogen) atoms. The van der Waals surface area contributed by atoms with Crippen LogP contribution in [-0.2, 0) is 6.42 Å². The topological polar surface area (TPSA) is 0 Å². The predicted molar refractivity (Wildman–Crippen MR) is 55.0 cm³/mol. The third-order valence-electron chi connectivity index (χ3n) is 1.99. The number of halogens is 3. The molecule has 0 fully saturated rings. The molecule has 0 aliphatic carbocycles. The average molecular weight is 219 g/mol. The van der Waals surface area contributed by atoms with Crippen LogP contribution in [0.25, 0.3) is 0 Å². The van der Waals surface area contributed by atoms with E-state index in [2.05, 4.69) is 0 Å². The summed E-state index contributed by atoms with van der Waals surface area (Å²) < 4.78 is 26.4. The van der Waals surface area contributed by atoms with Gasteiger partial charge >= 0.3 is 0 Å². The van der Waals surface area contributed by atoms with Gasteiger partial charge in [0.05, 0.1) is 0 Å². The quantitative estimate of drug-likeness (QED) is 0.706. The summed E-state index contributed by atoms with van der Waals surface area (Å²) in [6, 6.07) is 6.57. The van der Waals surface area contributed by atoms with Gasteiger partial charge in [0.15, 0.2) is 0 Å². The number of rotatable bonds is 4. The highest BCUT2D eigenvalue weighted by Crippen LogP contribution is 2.25. The molecule has 0 nitrogen and oxygen atoms in total. The fraction of sp³-hybridized carbons (Fsp3) is 0.455. The monoisotopic (exact) mass is 218 g/mol. The van der Waals surface area contributed by atoms with Gasteiger partial charge in [0.1, 0.15) is 0 Å². The van der Waals surface area contributed by atoms with Gasteiger partial charge in [0.2, 0.25) is 0 Å². The van der Waals surface area contributed by atoms with Crippen molar-refractivity contribution in [2.75, 3.05) is 0 Å². The minimum Gasteiger partial charge on any atom is -0.207 e. The van der Waals surface area contributed by atoms with Crippen molar-refractivity contribution in [1.29, 1.82) is 0 Å². The van der Waals surface area contributed by atoms with Crippen molar-refractivity contribution in [3.8, 4) is 0 Å². The maximum atomic E-state index is 13.2. The van der Waals surface area contributed by atoms with Crippen LogP contribution in [0, 0.1) is 0 Å². The molecule has 0 spiro atoms. The SMILES string of the molecule is CCCC(F)(F)Cc1ccc(Cl)cc1. The lowest BCUT2D eigenvalue weighted by Crippen LogP contribution is -2.18. The first-order chi connectivity index (χ1) is 6.53. The zero-order valence-corrected chi connectivity index (χ0v) is 8.82. The number of hydrogen-bond acceptors (Lipinski definition) is 0. The smallest absolute Gasteiger partial charge is 0.207 e. The first-order valence-corrected chi connectivity index (χ1v) is 5.03. The van der Waals surface area contributed by atoms with Crippen molar-refractivity contribution >= 4 is 11.6 Å². The summed E-state index contributed by atoms with van der Waals surface area (Å²) in [5.74, 6) is -2.59. The summed E-state index contributed by atoms with van der Waals surface area (Å²) in [7, 11) is 0. The van der Waals surface area contributed by atoms with Gasteiger partial charge in [-0.3, -0.25) is 0 Å². The van der Waals surface area contributed by atoms with E-state index in [1.54, 1.807) is 31.2 Å². The molecule has 0 N–H and O–H groups in total. The number of hydrogen-bond donors (Lipinski definition) is 0. The molecule has 78 valence electrons. The molecule has 1 rings (SSSR count). The molecule has 0 aliphatic rings. The summed E-state index contributed by atoms with van der Waals surface area (Å²) in [5.41, 5.74) is 0.632. The van der Waals surface area contributed by atoms with Crippen molar-refractivity contribution in [3.05, 3.63) is 34.9 Å². The average Bonchev–Trinajstić information content (AvgIpc) is 2.08. The van der Waals surface area contributed by atoms with Crippen LogP contribution < -0.4 is 0 Å². The predicted octanol–water partition coefficient (Wildman–Crippen LogP) is 4.32. The van der Waals surface area contributed by atoms with Gasteiger partial charge in [-0.05, 0) is 17.7 Å². The fourth-order valence-corrected chi connectivity index (χ4v) is 1.48. The third kappa shape index (κ3) is 3.62. The van der Waals surface area contributed by atoms with Crippen LogP contribution in [0.5, 0.6) is 0 Å². The minimum atomic E-state index is -2.59. The number of benzene rings is 1. The molecule has 0 bridgehead atoms. The summed E-state index contributed by atoms with van der Waals surface area (Å²) in [6.45, 7) is 1.76. The Morgan fingerprint density at radius 2 is 1.79 bits per heavy atom. The van der Waals surface area contributed by atoms with Gasteiger partial charge < -0.3 is 0 Å². The van der Waals surface area contributed by atoms with Crippen molar-refractivity contribution in [3.63, 3.8) is 0 Å². The van der Waals surface area contributed by atoms with Crippen LogP contribution in [0.3, 0.4) is 0 Å². The molecule has 0 saturated carbocycles. The van der Waals surface area contributed by atoms with E-state index in [1.165, 1.54) is 0 Å². The summed E-state index contributed by atoms with van der Waals surface area (Å²) in [5, 5.41) is 0.576. The van der Waals surface area contributed by atoms with Crippen molar-refractivity contribution < 1.29 is 8.78 Å². The molecule has 0 aliphatic heterocycles. The lowest BCUT2D eigenvalue weighted by molar-refractivity contribution is -0.00772. The van der Waals surface area contributed by atoms with Gasteiger partial charge in [-0.2, -0.15) is 0 Å². The summed E-state index contributed by atoms with van der Waals surface area (Å²) in [6.07, 6.45) is 0.244. The van der Waals surface area contributed by atoms with Gasteiger partial charge in [-0.1, -0.05) is 37.1 Å². The second kappa shape index (κ2) is 4.74. The Kier molecular flexibility index (Phi) is 3.87. The van der Waals surface area contributed by atoms with Gasteiger partial charge in [-0.15, -0.1) is 0 Å². The molecule has 0 saturated heterocycles. The fourth-order valence-electron chi connectivity index (χ4n) is 1.36. The van der Waals surface area contributed by atoms with Crippen LogP contribution in [0.15, 0.2) is 24.3 Å². The summed E-state index contributed by atoms with van der Waals surface area (Å²) >= 11 is 5.66. The highest BCUT2D eigenvalue weighted by Gasteiger charge is 2.27. The summed E-state index contributed by atoms with van der Waals surface area (Å²) in [4.78, 5) is 0. The van der Waals surface area contributed by atoms with E-state index in [1.807, 2.05) is 0 Å². The van der Waals surface area contributed by atoms with Gasteiger partial charge in [-0.25, -0.2) is 8.78 Å². The molecule has 0 aromatic heterocycles. The zero-order chi connectivity index (χ0) is 10.6. The highest BCUT2D eigenvalue weighted by atomic mass is 35.5. The van der Waals surface area contributed by atoms with Crippen LogP contribution in [0.4, 0.5) is 8.78 Å². The van der Waals surface area contributed by atoms with E-state index >= 15 is 0 Å². The lowest BCUT2D eigenvalue weighted by Gasteiger charge is -2.15. The Bertz CT molecular complexity index is 280. The Balaban J connectivity index is 2.64. The van der Waals surface area contributed by atoms with E-state index in [9.17, 15) is 8.78 Å². The molecule has 0 atom stereocenters. The Hall–Kier alpha value is -0.630. The molecule has 1 aromatic rings.